The Labute approximate surface area is 159 Å². The number of amides is 1. The summed E-state index contributed by atoms with van der Waals surface area (Å²) in [5.41, 5.74) is 2.86. The van der Waals surface area contributed by atoms with Crippen molar-refractivity contribution in [1.29, 1.82) is 0 Å². The van der Waals surface area contributed by atoms with Gasteiger partial charge in [-0.1, -0.05) is 30.3 Å². The first-order chi connectivity index (χ1) is 13.4. The summed E-state index contributed by atoms with van der Waals surface area (Å²) in [6.45, 7) is -0.467. The molecule has 9 heteroatoms. The fourth-order valence-corrected chi connectivity index (χ4v) is 4.73. The highest BCUT2D eigenvalue weighted by molar-refractivity contribution is 7.93. The maximum absolute atomic E-state index is 13.2. The van der Waals surface area contributed by atoms with Gasteiger partial charge in [-0.3, -0.25) is 9.10 Å². The highest BCUT2D eigenvalue weighted by Gasteiger charge is 2.36. The second kappa shape index (κ2) is 6.68. The predicted octanol–water partition coefficient (Wildman–Crippen LogP) is 2.78. The average molecular weight is 401 g/mol. The van der Waals surface area contributed by atoms with Crippen molar-refractivity contribution in [3.8, 4) is 0 Å². The lowest BCUT2D eigenvalue weighted by Crippen LogP contribution is -2.37. The molecule has 0 atom stereocenters. The second-order valence-electron chi connectivity index (χ2n) is 6.11. The van der Waals surface area contributed by atoms with Crippen LogP contribution in [0.15, 0.2) is 64.6 Å². The molecule has 0 fully saturated rings. The Morgan fingerprint density at radius 2 is 1.82 bits per heavy atom. The van der Waals surface area contributed by atoms with Crippen molar-refractivity contribution in [2.24, 2.45) is 5.10 Å². The van der Waals surface area contributed by atoms with Crippen LogP contribution in [0.1, 0.15) is 5.56 Å². The fourth-order valence-electron chi connectivity index (χ4n) is 3.07. The van der Waals surface area contributed by atoms with E-state index in [1.54, 1.807) is 30.3 Å². The summed E-state index contributed by atoms with van der Waals surface area (Å²) in [4.78, 5) is 12.4. The molecule has 6 nitrogen and oxygen atoms in total. The molecule has 1 heterocycles. The zero-order valence-electron chi connectivity index (χ0n) is 14.3. The van der Waals surface area contributed by atoms with Gasteiger partial charge in [-0.2, -0.15) is 5.10 Å². The molecule has 0 spiro atoms. The van der Waals surface area contributed by atoms with Gasteiger partial charge in [0.25, 0.3) is 15.9 Å². The molecule has 0 saturated heterocycles. The molecule has 28 heavy (non-hydrogen) atoms. The third-order valence-electron chi connectivity index (χ3n) is 4.31. The number of nitrogens with zero attached hydrogens (tertiary/aromatic N) is 2. The van der Waals surface area contributed by atoms with Crippen LogP contribution in [0.5, 0.6) is 0 Å². The van der Waals surface area contributed by atoms with Crippen molar-refractivity contribution < 1.29 is 22.0 Å². The molecular weight excluding hydrogens is 388 g/mol. The van der Waals surface area contributed by atoms with E-state index in [1.807, 2.05) is 0 Å². The van der Waals surface area contributed by atoms with E-state index in [1.165, 1.54) is 12.1 Å². The summed E-state index contributed by atoms with van der Waals surface area (Å²) in [5.74, 6) is -2.70. The smallest absolute Gasteiger partial charge is 0.265 e. The Bertz CT molecular complexity index is 1240. The molecule has 1 aliphatic heterocycles. The van der Waals surface area contributed by atoms with E-state index in [0.717, 1.165) is 28.0 Å². The lowest BCUT2D eigenvalue weighted by molar-refractivity contribution is -0.119. The second-order valence-corrected chi connectivity index (χ2v) is 7.94. The van der Waals surface area contributed by atoms with Crippen molar-refractivity contribution in [1.82, 2.24) is 5.43 Å². The van der Waals surface area contributed by atoms with E-state index in [0.29, 0.717) is 11.1 Å². The molecule has 0 bridgehead atoms. The Kier molecular flexibility index (Phi) is 4.31. The number of nitrogens with one attached hydrogen (secondary N) is 1. The SMILES string of the molecule is O=C(CN1c2cccc3cccc(c23)S1(=O)=O)N/N=C\c1ccc(F)c(F)c1. The van der Waals surface area contributed by atoms with Gasteiger partial charge in [0.05, 0.1) is 16.8 Å². The minimum atomic E-state index is -3.85. The van der Waals surface area contributed by atoms with Crippen molar-refractivity contribution in [3.63, 3.8) is 0 Å². The predicted molar refractivity (Wildman–Crippen MR) is 101 cm³/mol. The van der Waals surface area contributed by atoms with E-state index >= 15 is 0 Å². The number of hydrogen-bond acceptors (Lipinski definition) is 4. The van der Waals surface area contributed by atoms with Crippen LogP contribution < -0.4 is 9.73 Å². The number of benzene rings is 3. The normalized spacial score (nSPS) is 14.7. The first-order valence-corrected chi connectivity index (χ1v) is 9.63. The van der Waals surface area contributed by atoms with Gasteiger partial charge in [-0.25, -0.2) is 22.6 Å². The van der Waals surface area contributed by atoms with Crippen LogP contribution in [0.2, 0.25) is 0 Å². The van der Waals surface area contributed by atoms with Gasteiger partial charge in [0.15, 0.2) is 11.6 Å². The fraction of sp³-hybridized carbons (Fsp3) is 0.0526. The van der Waals surface area contributed by atoms with Crippen LogP contribution in [0, 0.1) is 11.6 Å². The third-order valence-corrected chi connectivity index (χ3v) is 6.12. The zero-order valence-corrected chi connectivity index (χ0v) is 15.1. The molecular formula is C19H13F2N3O3S. The highest BCUT2D eigenvalue weighted by atomic mass is 32.2. The molecule has 142 valence electrons. The molecule has 0 aromatic heterocycles. The number of rotatable bonds is 4. The Hall–Kier alpha value is -3.33. The molecule has 1 amide bonds. The van der Waals surface area contributed by atoms with Crippen LogP contribution in [-0.4, -0.2) is 27.1 Å². The average Bonchev–Trinajstić information content (AvgIpc) is 2.88. The quantitative estimate of drug-likeness (QED) is 0.539. The van der Waals surface area contributed by atoms with Crippen molar-refractivity contribution >= 4 is 38.6 Å². The van der Waals surface area contributed by atoms with E-state index in [-0.39, 0.29) is 10.5 Å². The number of hydrazone groups is 1. The third kappa shape index (κ3) is 2.99. The summed E-state index contributed by atoms with van der Waals surface area (Å²) >= 11 is 0. The summed E-state index contributed by atoms with van der Waals surface area (Å²) < 4.78 is 52.7. The van der Waals surface area contributed by atoms with Gasteiger partial charge in [-0.15, -0.1) is 0 Å². The molecule has 3 aromatic carbocycles. The van der Waals surface area contributed by atoms with Crippen molar-refractivity contribution in [2.75, 3.05) is 10.8 Å². The first kappa shape index (κ1) is 18.1. The minimum absolute atomic E-state index is 0.152. The maximum Gasteiger partial charge on any atom is 0.265 e. The number of hydrogen-bond donors (Lipinski definition) is 1. The molecule has 0 radical (unpaired) electrons. The molecule has 0 aliphatic carbocycles. The van der Waals surface area contributed by atoms with Gasteiger partial charge >= 0.3 is 0 Å². The van der Waals surface area contributed by atoms with E-state index < -0.39 is 34.1 Å². The Morgan fingerprint density at radius 1 is 1.07 bits per heavy atom. The van der Waals surface area contributed by atoms with Crippen LogP contribution in [-0.2, 0) is 14.8 Å². The van der Waals surface area contributed by atoms with E-state index in [4.69, 9.17) is 0 Å². The minimum Gasteiger partial charge on any atom is -0.271 e. The molecule has 1 N–H and O–H groups in total. The summed E-state index contributed by atoms with van der Waals surface area (Å²) in [7, 11) is -3.85. The van der Waals surface area contributed by atoms with Gasteiger partial charge in [0.2, 0.25) is 0 Å². The maximum atomic E-state index is 13.2. The van der Waals surface area contributed by atoms with Crippen LogP contribution in [0.3, 0.4) is 0 Å². The molecule has 0 unspecified atom stereocenters. The number of anilines is 1. The van der Waals surface area contributed by atoms with Gasteiger partial charge < -0.3 is 0 Å². The first-order valence-electron chi connectivity index (χ1n) is 8.19. The molecule has 1 aliphatic rings. The standard InChI is InChI=1S/C19H13F2N3O3S/c20-14-8-7-12(9-15(14)21)10-22-23-18(25)11-24-16-5-1-3-13-4-2-6-17(19(13)16)28(24,26)27/h1-10H,11H2,(H,23,25)/b22-10-. The largest absolute Gasteiger partial charge is 0.271 e. The Balaban J connectivity index is 1.53. The molecule has 0 saturated carbocycles. The number of carbonyl (C=O) groups excluding carboxylic acids is 1. The van der Waals surface area contributed by atoms with Crippen LogP contribution >= 0.6 is 0 Å². The van der Waals surface area contributed by atoms with E-state index in [2.05, 4.69) is 10.5 Å². The number of carbonyl (C=O) groups is 1. The van der Waals surface area contributed by atoms with Gasteiger partial charge in [0, 0.05) is 5.39 Å². The van der Waals surface area contributed by atoms with Gasteiger partial charge in [0.1, 0.15) is 6.54 Å². The molecule has 4 rings (SSSR count). The van der Waals surface area contributed by atoms with E-state index in [9.17, 15) is 22.0 Å². The summed E-state index contributed by atoms with van der Waals surface area (Å²) in [6.07, 6.45) is 1.13. The summed E-state index contributed by atoms with van der Waals surface area (Å²) in [5, 5.41) is 5.00. The summed E-state index contributed by atoms with van der Waals surface area (Å²) in [6, 6.07) is 13.2. The van der Waals surface area contributed by atoms with Crippen molar-refractivity contribution in [2.45, 2.75) is 4.90 Å². The monoisotopic (exact) mass is 401 g/mol. The zero-order chi connectivity index (χ0) is 19.9. The topological polar surface area (TPSA) is 78.8 Å². The number of halogens is 2. The lowest BCUT2D eigenvalue weighted by atomic mass is 10.1. The van der Waals surface area contributed by atoms with Crippen LogP contribution in [0.4, 0.5) is 14.5 Å². The van der Waals surface area contributed by atoms with Crippen LogP contribution in [0.25, 0.3) is 10.8 Å². The van der Waals surface area contributed by atoms with Gasteiger partial charge in [-0.05, 0) is 35.2 Å². The number of sulfonamides is 1. The van der Waals surface area contributed by atoms with Crippen molar-refractivity contribution in [3.05, 3.63) is 71.8 Å². The highest BCUT2D eigenvalue weighted by Crippen LogP contribution is 2.41. The molecule has 3 aromatic rings. The lowest BCUT2D eigenvalue weighted by Gasteiger charge is -2.17. The Morgan fingerprint density at radius 3 is 2.57 bits per heavy atom.